The monoisotopic (exact) mass is 230 g/mol. The quantitative estimate of drug-likeness (QED) is 0.734. The molecule has 11 heavy (non-hydrogen) atoms. The van der Waals surface area contributed by atoms with E-state index in [0.29, 0.717) is 5.25 Å². The summed E-state index contributed by atoms with van der Waals surface area (Å²) in [5.74, 6) is 0. The summed E-state index contributed by atoms with van der Waals surface area (Å²) in [5, 5.41) is 0.368. The van der Waals surface area contributed by atoms with Crippen molar-refractivity contribution in [2.75, 3.05) is 0 Å². The molecule has 1 rings (SSSR count). The molecule has 0 aromatic heterocycles. The molecule has 0 radical (unpaired) electrons. The van der Waals surface area contributed by atoms with E-state index >= 15 is 0 Å². The Balaban J connectivity index is 2.86. The fourth-order valence-electron chi connectivity index (χ4n) is 0.950. The molecule has 0 bridgehead atoms. The number of halogens is 1. The molecule has 2 heteroatoms. The molecule has 0 heterocycles. The van der Waals surface area contributed by atoms with Gasteiger partial charge in [0.1, 0.15) is 0 Å². The van der Waals surface area contributed by atoms with E-state index in [1.165, 1.54) is 5.56 Å². The van der Waals surface area contributed by atoms with E-state index in [2.05, 4.69) is 47.6 Å². The maximum Gasteiger partial charge on any atom is 0.0264 e. The van der Waals surface area contributed by atoms with Gasteiger partial charge >= 0.3 is 0 Å². The Bertz CT molecular complexity index is 235. The summed E-state index contributed by atoms with van der Waals surface area (Å²) >= 11 is 7.87. The lowest BCUT2D eigenvalue weighted by Crippen LogP contribution is -1.86. The molecule has 1 aromatic carbocycles. The van der Waals surface area contributed by atoms with Crippen LogP contribution in [0.25, 0.3) is 0 Å². The van der Waals surface area contributed by atoms with Gasteiger partial charge in [-0.3, -0.25) is 0 Å². The third kappa shape index (κ3) is 2.53. The maximum absolute atomic E-state index is 4.45. The zero-order valence-corrected chi connectivity index (χ0v) is 8.90. The minimum atomic E-state index is 0.368. The fraction of sp³-hybridized carbons (Fsp3) is 0.333. The average Bonchev–Trinajstić information content (AvgIpc) is 2.03. The van der Waals surface area contributed by atoms with Crippen LogP contribution in [0.1, 0.15) is 24.2 Å². The first-order valence-corrected chi connectivity index (χ1v) is 4.98. The summed E-state index contributed by atoms with van der Waals surface area (Å²) < 4.78 is 1.13. The first kappa shape index (κ1) is 9.14. The number of benzene rings is 1. The molecule has 1 unspecified atom stereocenters. The Labute approximate surface area is 81.5 Å². The molecule has 0 aliphatic rings. The van der Waals surface area contributed by atoms with Gasteiger partial charge < -0.3 is 0 Å². The van der Waals surface area contributed by atoms with Crippen LogP contribution in [-0.4, -0.2) is 0 Å². The Morgan fingerprint density at radius 3 is 2.82 bits per heavy atom. The van der Waals surface area contributed by atoms with Crippen LogP contribution in [0.3, 0.4) is 0 Å². The molecular weight excluding hydrogens is 220 g/mol. The normalized spacial score (nSPS) is 13.0. The van der Waals surface area contributed by atoms with Crippen LogP contribution in [0, 0.1) is 0 Å². The van der Waals surface area contributed by atoms with E-state index in [9.17, 15) is 0 Å². The molecule has 0 aliphatic carbocycles. The zero-order valence-electron chi connectivity index (χ0n) is 6.42. The van der Waals surface area contributed by atoms with Crippen molar-refractivity contribution in [1.29, 1.82) is 0 Å². The molecule has 0 saturated heterocycles. The molecule has 0 saturated carbocycles. The first-order valence-electron chi connectivity index (χ1n) is 3.67. The van der Waals surface area contributed by atoms with Crippen LogP contribution in [-0.2, 0) is 0 Å². The topological polar surface area (TPSA) is 0 Å². The number of thiol groups is 1. The van der Waals surface area contributed by atoms with E-state index in [4.69, 9.17) is 0 Å². The lowest BCUT2D eigenvalue weighted by molar-refractivity contribution is 0.902. The molecule has 0 fully saturated rings. The molecule has 0 aliphatic heterocycles. The van der Waals surface area contributed by atoms with E-state index < -0.39 is 0 Å². The van der Waals surface area contributed by atoms with Crippen LogP contribution < -0.4 is 0 Å². The zero-order chi connectivity index (χ0) is 8.27. The predicted molar refractivity (Wildman–Crippen MR) is 56.2 cm³/mol. The fourth-order valence-corrected chi connectivity index (χ4v) is 1.53. The number of rotatable bonds is 2. The Morgan fingerprint density at radius 1 is 1.55 bits per heavy atom. The van der Waals surface area contributed by atoms with Crippen molar-refractivity contribution in [3.05, 3.63) is 34.3 Å². The van der Waals surface area contributed by atoms with Gasteiger partial charge in [0.05, 0.1) is 0 Å². The minimum Gasteiger partial charge on any atom is -0.171 e. The molecule has 1 aromatic rings. The smallest absolute Gasteiger partial charge is 0.0264 e. The molecule has 0 amide bonds. The van der Waals surface area contributed by atoms with Crippen molar-refractivity contribution >= 4 is 28.6 Å². The van der Waals surface area contributed by atoms with Crippen LogP contribution in [0.15, 0.2) is 28.7 Å². The van der Waals surface area contributed by atoms with E-state index in [1.54, 1.807) is 0 Å². The van der Waals surface area contributed by atoms with Crippen LogP contribution in [0.4, 0.5) is 0 Å². The van der Waals surface area contributed by atoms with E-state index in [-0.39, 0.29) is 0 Å². The summed E-state index contributed by atoms with van der Waals surface area (Å²) in [7, 11) is 0. The third-order valence-corrected chi connectivity index (χ3v) is 2.78. The largest absolute Gasteiger partial charge is 0.171 e. The minimum absolute atomic E-state index is 0.368. The van der Waals surface area contributed by atoms with Crippen LogP contribution in [0.2, 0.25) is 0 Å². The molecule has 0 N–H and O–H groups in total. The predicted octanol–water partition coefficient (Wildman–Crippen LogP) is 3.83. The molecule has 0 nitrogen and oxygen atoms in total. The van der Waals surface area contributed by atoms with Gasteiger partial charge in [-0.25, -0.2) is 0 Å². The van der Waals surface area contributed by atoms with Gasteiger partial charge in [0.15, 0.2) is 0 Å². The number of hydrogen-bond donors (Lipinski definition) is 1. The first-order chi connectivity index (χ1) is 5.24. The number of hydrogen-bond acceptors (Lipinski definition) is 1. The maximum atomic E-state index is 4.45. The van der Waals surface area contributed by atoms with Gasteiger partial charge in [-0.15, -0.1) is 0 Å². The third-order valence-electron chi connectivity index (χ3n) is 1.62. The Hall–Kier alpha value is 0.0500. The van der Waals surface area contributed by atoms with Gasteiger partial charge in [0.25, 0.3) is 0 Å². The van der Waals surface area contributed by atoms with Gasteiger partial charge in [0.2, 0.25) is 0 Å². The van der Waals surface area contributed by atoms with E-state index in [0.717, 1.165) is 10.9 Å². The summed E-state index contributed by atoms with van der Waals surface area (Å²) in [4.78, 5) is 0. The average molecular weight is 231 g/mol. The summed E-state index contributed by atoms with van der Waals surface area (Å²) in [5.41, 5.74) is 1.28. The molecule has 0 spiro atoms. The SMILES string of the molecule is CCC(S)c1cccc(Br)c1. The van der Waals surface area contributed by atoms with Crippen molar-refractivity contribution in [2.24, 2.45) is 0 Å². The second-order valence-electron chi connectivity index (χ2n) is 2.48. The van der Waals surface area contributed by atoms with Gasteiger partial charge in [-0.05, 0) is 24.1 Å². The molecule has 60 valence electrons. The van der Waals surface area contributed by atoms with Crippen molar-refractivity contribution in [3.8, 4) is 0 Å². The summed E-state index contributed by atoms with van der Waals surface area (Å²) in [6, 6.07) is 8.28. The standard InChI is InChI=1S/C9H11BrS/c1-2-9(11)7-4-3-5-8(10)6-7/h3-6,9,11H,2H2,1H3. The molecular formula is C9H11BrS. The van der Waals surface area contributed by atoms with Gasteiger partial charge in [-0.2, -0.15) is 12.6 Å². The van der Waals surface area contributed by atoms with Gasteiger partial charge in [-0.1, -0.05) is 35.0 Å². The highest BCUT2D eigenvalue weighted by Gasteiger charge is 2.02. The second kappa shape index (κ2) is 4.17. The van der Waals surface area contributed by atoms with Crippen molar-refractivity contribution < 1.29 is 0 Å². The highest BCUT2D eigenvalue weighted by Crippen LogP contribution is 2.25. The van der Waals surface area contributed by atoms with Crippen molar-refractivity contribution in [2.45, 2.75) is 18.6 Å². The van der Waals surface area contributed by atoms with Crippen LogP contribution >= 0.6 is 28.6 Å². The Kier molecular flexibility index (Phi) is 3.46. The Morgan fingerprint density at radius 2 is 2.27 bits per heavy atom. The molecule has 1 atom stereocenters. The van der Waals surface area contributed by atoms with Crippen molar-refractivity contribution in [1.82, 2.24) is 0 Å². The highest BCUT2D eigenvalue weighted by molar-refractivity contribution is 9.10. The van der Waals surface area contributed by atoms with Crippen LogP contribution in [0.5, 0.6) is 0 Å². The summed E-state index contributed by atoms with van der Waals surface area (Å²) in [6.07, 6.45) is 1.07. The lowest BCUT2D eigenvalue weighted by Gasteiger charge is -2.07. The highest BCUT2D eigenvalue weighted by atomic mass is 79.9. The summed E-state index contributed by atoms with van der Waals surface area (Å²) in [6.45, 7) is 2.14. The van der Waals surface area contributed by atoms with Gasteiger partial charge in [0, 0.05) is 9.72 Å². The lowest BCUT2D eigenvalue weighted by atomic mass is 10.1. The van der Waals surface area contributed by atoms with E-state index in [1.807, 2.05) is 12.1 Å². The van der Waals surface area contributed by atoms with Crippen molar-refractivity contribution in [3.63, 3.8) is 0 Å². The second-order valence-corrected chi connectivity index (χ2v) is 4.02.